The third kappa shape index (κ3) is 3.12. The van der Waals surface area contributed by atoms with Crippen LogP contribution in [0.2, 0.25) is 0 Å². The summed E-state index contributed by atoms with van der Waals surface area (Å²) >= 11 is 0. The predicted octanol–water partition coefficient (Wildman–Crippen LogP) is 3.30. The highest BCUT2D eigenvalue weighted by Gasteiger charge is 2.23. The lowest BCUT2D eigenvalue weighted by atomic mass is 10.1. The number of nitro benzene ring substituents is 1. The summed E-state index contributed by atoms with van der Waals surface area (Å²) in [6, 6.07) is 14.2. The number of rotatable bonds is 4. The van der Waals surface area contributed by atoms with Crippen molar-refractivity contribution in [3.05, 3.63) is 93.7 Å². The normalized spacial score (nSPS) is 15.1. The van der Waals surface area contributed by atoms with E-state index in [0.29, 0.717) is 5.76 Å². The molecule has 6 heteroatoms. The average Bonchev–Trinajstić information content (AvgIpc) is 2.96. The molecule has 2 aromatic rings. The molecule has 0 saturated heterocycles. The number of carbonyl (C=O) groups is 2. The molecule has 3 rings (SSSR count). The molecule has 1 aliphatic heterocycles. The molecular weight excluding hydrogens is 310 g/mol. The summed E-state index contributed by atoms with van der Waals surface area (Å²) in [5, 5.41) is 10.6. The quantitative estimate of drug-likeness (QED) is 0.373. The lowest BCUT2D eigenvalue weighted by Gasteiger charge is -2.03. The molecule has 0 N–H and O–H groups in total. The van der Waals surface area contributed by atoms with Crippen LogP contribution in [0.25, 0.3) is 5.76 Å². The van der Waals surface area contributed by atoms with Gasteiger partial charge in [0.25, 0.3) is 5.69 Å². The number of ether oxygens (including phenoxy) is 1. The second-order valence-electron chi connectivity index (χ2n) is 5.02. The molecule has 0 bridgehead atoms. The van der Waals surface area contributed by atoms with E-state index in [-0.39, 0.29) is 17.0 Å². The zero-order valence-electron chi connectivity index (χ0n) is 12.3. The van der Waals surface area contributed by atoms with E-state index in [0.717, 1.165) is 11.6 Å². The number of nitrogens with zero attached hydrogens (tertiary/aromatic N) is 1. The standard InChI is InChI=1S/C18H11NO5/c20-15(12-6-8-14(9-7-12)19(22)23)10-18-16(21)11-17(24-18)13-4-2-1-3-5-13/h1-11H/b18-10+. The second kappa shape index (κ2) is 6.29. The van der Waals surface area contributed by atoms with Crippen LogP contribution in [-0.4, -0.2) is 16.5 Å². The summed E-state index contributed by atoms with van der Waals surface area (Å²) in [4.78, 5) is 34.2. The van der Waals surface area contributed by atoms with Crippen molar-refractivity contribution in [3.63, 3.8) is 0 Å². The first-order chi connectivity index (χ1) is 11.5. The lowest BCUT2D eigenvalue weighted by Crippen LogP contribution is -2.01. The van der Waals surface area contributed by atoms with E-state index in [2.05, 4.69) is 0 Å². The zero-order valence-corrected chi connectivity index (χ0v) is 12.3. The lowest BCUT2D eigenvalue weighted by molar-refractivity contribution is -0.384. The van der Waals surface area contributed by atoms with E-state index in [1.165, 1.54) is 30.3 Å². The molecule has 0 unspecified atom stereocenters. The predicted molar refractivity (Wildman–Crippen MR) is 86.0 cm³/mol. The Balaban J connectivity index is 1.78. The van der Waals surface area contributed by atoms with Gasteiger partial charge in [0.15, 0.2) is 11.5 Å². The zero-order chi connectivity index (χ0) is 17.1. The summed E-state index contributed by atoms with van der Waals surface area (Å²) in [7, 11) is 0. The van der Waals surface area contributed by atoms with Crippen LogP contribution >= 0.6 is 0 Å². The van der Waals surface area contributed by atoms with Crippen molar-refractivity contribution in [2.24, 2.45) is 0 Å². The molecule has 1 heterocycles. The van der Waals surface area contributed by atoms with Gasteiger partial charge in [-0.1, -0.05) is 30.3 Å². The minimum Gasteiger partial charge on any atom is -0.452 e. The Morgan fingerprint density at radius 3 is 2.33 bits per heavy atom. The average molecular weight is 321 g/mol. The first-order valence-corrected chi connectivity index (χ1v) is 7.04. The fraction of sp³-hybridized carbons (Fsp3) is 0. The summed E-state index contributed by atoms with van der Waals surface area (Å²) in [6.07, 6.45) is 2.42. The van der Waals surface area contributed by atoms with Gasteiger partial charge in [0.2, 0.25) is 5.78 Å². The minimum atomic E-state index is -0.549. The maximum absolute atomic E-state index is 12.2. The van der Waals surface area contributed by atoms with Gasteiger partial charge in [0.1, 0.15) is 5.76 Å². The van der Waals surface area contributed by atoms with E-state index in [1.807, 2.05) is 18.2 Å². The van der Waals surface area contributed by atoms with Crippen molar-refractivity contribution in [2.75, 3.05) is 0 Å². The number of non-ortho nitro benzene ring substituents is 1. The Labute approximate surface area is 136 Å². The van der Waals surface area contributed by atoms with Crippen LogP contribution in [-0.2, 0) is 9.53 Å². The van der Waals surface area contributed by atoms with Gasteiger partial charge in [0, 0.05) is 35.4 Å². The van der Waals surface area contributed by atoms with Crippen LogP contribution in [0, 0.1) is 10.1 Å². The van der Waals surface area contributed by atoms with Crippen LogP contribution in [0.5, 0.6) is 0 Å². The third-order valence-corrected chi connectivity index (χ3v) is 3.41. The fourth-order valence-electron chi connectivity index (χ4n) is 2.18. The molecule has 24 heavy (non-hydrogen) atoms. The minimum absolute atomic E-state index is 0.0720. The Hall–Kier alpha value is -3.54. The molecule has 0 fully saturated rings. The monoisotopic (exact) mass is 321 g/mol. The van der Waals surface area contributed by atoms with E-state index in [4.69, 9.17) is 4.74 Å². The van der Waals surface area contributed by atoms with Crippen molar-refractivity contribution in [2.45, 2.75) is 0 Å². The van der Waals surface area contributed by atoms with Gasteiger partial charge >= 0.3 is 0 Å². The molecule has 2 aromatic carbocycles. The van der Waals surface area contributed by atoms with E-state index >= 15 is 0 Å². The Kier molecular flexibility index (Phi) is 4.03. The number of hydrogen-bond acceptors (Lipinski definition) is 5. The molecule has 6 nitrogen and oxygen atoms in total. The van der Waals surface area contributed by atoms with Crippen LogP contribution in [0.1, 0.15) is 15.9 Å². The first kappa shape index (κ1) is 15.4. The molecule has 0 atom stereocenters. The Morgan fingerprint density at radius 1 is 1.04 bits per heavy atom. The second-order valence-corrected chi connectivity index (χ2v) is 5.02. The summed E-state index contributed by atoms with van der Waals surface area (Å²) < 4.78 is 5.46. The van der Waals surface area contributed by atoms with Crippen molar-refractivity contribution in [1.82, 2.24) is 0 Å². The molecule has 1 aliphatic rings. The molecule has 0 spiro atoms. The van der Waals surface area contributed by atoms with Crippen molar-refractivity contribution in [3.8, 4) is 0 Å². The highest BCUT2D eigenvalue weighted by Crippen LogP contribution is 2.26. The van der Waals surface area contributed by atoms with Gasteiger partial charge < -0.3 is 4.74 Å². The molecule has 0 radical (unpaired) electrons. The summed E-state index contributed by atoms with van der Waals surface area (Å²) in [5.41, 5.74) is 0.857. The number of hydrogen-bond donors (Lipinski definition) is 0. The fourth-order valence-corrected chi connectivity index (χ4v) is 2.18. The SMILES string of the molecule is O=C1C=C(c2ccccc2)O/C1=C/C(=O)c1ccc([N+](=O)[O-])cc1. The summed E-state index contributed by atoms with van der Waals surface area (Å²) in [6.45, 7) is 0. The molecule has 0 amide bonds. The van der Waals surface area contributed by atoms with Gasteiger partial charge in [0.05, 0.1) is 4.92 Å². The highest BCUT2D eigenvalue weighted by atomic mass is 16.6. The van der Waals surface area contributed by atoms with E-state index < -0.39 is 16.5 Å². The maximum atomic E-state index is 12.2. The first-order valence-electron chi connectivity index (χ1n) is 7.04. The number of allylic oxidation sites excluding steroid dienone is 2. The number of nitro groups is 1. The van der Waals surface area contributed by atoms with E-state index in [1.54, 1.807) is 12.1 Å². The van der Waals surface area contributed by atoms with E-state index in [9.17, 15) is 19.7 Å². The molecule has 0 aliphatic carbocycles. The topological polar surface area (TPSA) is 86.5 Å². The number of ketones is 2. The van der Waals surface area contributed by atoms with Gasteiger partial charge in [-0.25, -0.2) is 0 Å². The Bertz CT molecular complexity index is 879. The number of carbonyl (C=O) groups excluding carboxylic acids is 2. The van der Waals surface area contributed by atoms with Crippen molar-refractivity contribution >= 4 is 23.0 Å². The smallest absolute Gasteiger partial charge is 0.269 e. The van der Waals surface area contributed by atoms with Crippen LogP contribution in [0.3, 0.4) is 0 Å². The van der Waals surface area contributed by atoms with Crippen molar-refractivity contribution < 1.29 is 19.2 Å². The van der Waals surface area contributed by atoms with Gasteiger partial charge in [-0.15, -0.1) is 0 Å². The Morgan fingerprint density at radius 2 is 1.71 bits per heavy atom. The van der Waals surface area contributed by atoms with Crippen LogP contribution < -0.4 is 0 Å². The van der Waals surface area contributed by atoms with Crippen molar-refractivity contribution in [1.29, 1.82) is 0 Å². The molecule has 0 saturated carbocycles. The van der Waals surface area contributed by atoms with Gasteiger partial charge in [-0.2, -0.15) is 0 Å². The molecule has 0 aromatic heterocycles. The maximum Gasteiger partial charge on any atom is 0.269 e. The van der Waals surface area contributed by atoms with Gasteiger partial charge in [-0.3, -0.25) is 19.7 Å². The largest absolute Gasteiger partial charge is 0.452 e. The highest BCUT2D eigenvalue weighted by molar-refractivity contribution is 6.15. The number of benzene rings is 2. The van der Waals surface area contributed by atoms with Crippen LogP contribution in [0.4, 0.5) is 5.69 Å². The van der Waals surface area contributed by atoms with Crippen LogP contribution in [0.15, 0.2) is 72.5 Å². The third-order valence-electron chi connectivity index (χ3n) is 3.41. The molecular formula is C18H11NO5. The summed E-state index contributed by atoms with van der Waals surface area (Å²) in [5.74, 6) is -0.555. The molecule has 118 valence electrons. The van der Waals surface area contributed by atoms with Gasteiger partial charge in [-0.05, 0) is 12.1 Å².